The minimum atomic E-state index is -1.55. The molecule has 1 aromatic carbocycles. The molecule has 0 aliphatic heterocycles. The molecule has 0 fully saturated rings. The average molecular weight is 242 g/mol. The third kappa shape index (κ3) is 3.10. The molecule has 0 amide bonds. The number of carbonyl (C=O) groups excluding carboxylic acids is 1. The Morgan fingerprint density at radius 3 is 2.71 bits per heavy atom. The number of carbonyl (C=O) groups is 1. The monoisotopic (exact) mass is 242 g/mol. The Morgan fingerprint density at radius 2 is 2.18 bits per heavy atom. The molecule has 5 heteroatoms. The number of hydrogen-bond donors (Lipinski definition) is 1. The van der Waals surface area contributed by atoms with Crippen LogP contribution in [0, 0.1) is 11.6 Å². The first-order valence-corrected chi connectivity index (χ1v) is 4.96. The van der Waals surface area contributed by atoms with E-state index in [1.165, 1.54) is 0 Å². The number of aliphatic hydroxyl groups excluding tert-OH is 1. The highest BCUT2D eigenvalue weighted by molar-refractivity contribution is 5.89. The van der Waals surface area contributed by atoms with Crippen molar-refractivity contribution in [1.82, 2.24) is 0 Å². The molecule has 1 rings (SSSR count). The maximum Gasteiger partial charge on any atom is 0.336 e. The smallest absolute Gasteiger partial charge is 0.336 e. The molecule has 0 saturated heterocycles. The van der Waals surface area contributed by atoms with Crippen LogP contribution in [0.2, 0.25) is 0 Å². The lowest BCUT2D eigenvalue weighted by Gasteiger charge is -2.13. The fourth-order valence-electron chi connectivity index (χ4n) is 1.25. The molecule has 0 saturated carbocycles. The van der Waals surface area contributed by atoms with Gasteiger partial charge in [-0.15, -0.1) is 0 Å². The van der Waals surface area contributed by atoms with Gasteiger partial charge >= 0.3 is 5.97 Å². The SMILES string of the molecule is C=C(C(=O)OCC)C(O)c1ccc(F)cc1F. The molecule has 0 radical (unpaired) electrons. The van der Waals surface area contributed by atoms with Crippen molar-refractivity contribution in [2.75, 3.05) is 6.61 Å². The topological polar surface area (TPSA) is 46.5 Å². The Balaban J connectivity index is 2.92. The number of esters is 1. The number of rotatable bonds is 4. The van der Waals surface area contributed by atoms with Crippen LogP contribution in [0.25, 0.3) is 0 Å². The maximum absolute atomic E-state index is 13.3. The van der Waals surface area contributed by atoms with Crippen molar-refractivity contribution in [2.45, 2.75) is 13.0 Å². The number of aliphatic hydroxyl groups is 1. The van der Waals surface area contributed by atoms with E-state index in [1.807, 2.05) is 0 Å². The van der Waals surface area contributed by atoms with E-state index in [0.29, 0.717) is 6.07 Å². The molecule has 1 aromatic rings. The van der Waals surface area contributed by atoms with Gasteiger partial charge in [-0.3, -0.25) is 0 Å². The van der Waals surface area contributed by atoms with Crippen LogP contribution in [0.3, 0.4) is 0 Å². The standard InChI is InChI=1S/C12H12F2O3/c1-3-17-12(16)7(2)11(15)9-5-4-8(13)6-10(9)14/h4-6,11,15H,2-3H2,1H3. The second-order valence-corrected chi connectivity index (χ2v) is 3.31. The lowest BCUT2D eigenvalue weighted by molar-refractivity contribution is -0.139. The zero-order chi connectivity index (χ0) is 13.0. The average Bonchev–Trinajstić information content (AvgIpc) is 2.27. The van der Waals surface area contributed by atoms with Gasteiger partial charge in [0, 0.05) is 11.6 Å². The highest BCUT2D eigenvalue weighted by Crippen LogP contribution is 2.24. The summed E-state index contributed by atoms with van der Waals surface area (Å²) in [5, 5.41) is 9.69. The largest absolute Gasteiger partial charge is 0.463 e. The number of ether oxygens (including phenoxy) is 1. The minimum Gasteiger partial charge on any atom is -0.463 e. The van der Waals surface area contributed by atoms with E-state index in [-0.39, 0.29) is 17.7 Å². The summed E-state index contributed by atoms with van der Waals surface area (Å²) < 4.78 is 30.6. The van der Waals surface area contributed by atoms with Gasteiger partial charge in [0.1, 0.15) is 17.7 Å². The van der Waals surface area contributed by atoms with Gasteiger partial charge in [-0.2, -0.15) is 0 Å². The Bertz CT molecular complexity index is 443. The summed E-state index contributed by atoms with van der Waals surface area (Å²) >= 11 is 0. The predicted molar refractivity (Wildman–Crippen MR) is 57.1 cm³/mol. The molecule has 17 heavy (non-hydrogen) atoms. The Kier molecular flexibility index (Phi) is 4.34. The molecule has 3 nitrogen and oxygen atoms in total. The first-order valence-electron chi connectivity index (χ1n) is 4.96. The molecule has 0 aromatic heterocycles. The van der Waals surface area contributed by atoms with Crippen molar-refractivity contribution in [3.63, 3.8) is 0 Å². The first-order chi connectivity index (χ1) is 7.97. The maximum atomic E-state index is 13.3. The normalized spacial score (nSPS) is 12.0. The fraction of sp³-hybridized carbons (Fsp3) is 0.250. The van der Waals surface area contributed by atoms with Crippen LogP contribution in [0.5, 0.6) is 0 Å². The quantitative estimate of drug-likeness (QED) is 0.649. The van der Waals surface area contributed by atoms with Crippen LogP contribution < -0.4 is 0 Å². The van der Waals surface area contributed by atoms with Crippen LogP contribution in [0.15, 0.2) is 30.4 Å². The summed E-state index contributed by atoms with van der Waals surface area (Å²) in [6, 6.07) is 2.66. The third-order valence-corrected chi connectivity index (χ3v) is 2.12. The van der Waals surface area contributed by atoms with Gasteiger partial charge in [0.15, 0.2) is 0 Å². The number of halogens is 2. The summed E-state index contributed by atoms with van der Waals surface area (Å²) in [6.07, 6.45) is -1.55. The van der Waals surface area contributed by atoms with Gasteiger partial charge in [-0.25, -0.2) is 13.6 Å². The lowest BCUT2D eigenvalue weighted by Crippen LogP contribution is -2.14. The van der Waals surface area contributed by atoms with E-state index in [2.05, 4.69) is 11.3 Å². The van der Waals surface area contributed by atoms with Crippen LogP contribution in [-0.4, -0.2) is 17.7 Å². The molecule has 0 aliphatic carbocycles. The van der Waals surface area contributed by atoms with E-state index in [0.717, 1.165) is 12.1 Å². The molecule has 92 valence electrons. The van der Waals surface area contributed by atoms with E-state index < -0.39 is 23.7 Å². The summed E-state index contributed by atoms with van der Waals surface area (Å²) in [5.41, 5.74) is -0.512. The van der Waals surface area contributed by atoms with E-state index >= 15 is 0 Å². The minimum absolute atomic E-state index is 0.122. The summed E-state index contributed by atoms with van der Waals surface area (Å²) in [4.78, 5) is 11.3. The second-order valence-electron chi connectivity index (χ2n) is 3.31. The van der Waals surface area contributed by atoms with Gasteiger partial charge in [-0.1, -0.05) is 12.6 Å². The Morgan fingerprint density at radius 1 is 1.53 bits per heavy atom. The summed E-state index contributed by atoms with van der Waals surface area (Å²) in [5.74, 6) is -2.52. The molecule has 1 atom stereocenters. The van der Waals surface area contributed by atoms with Crippen LogP contribution in [0.4, 0.5) is 8.78 Å². The van der Waals surface area contributed by atoms with Crippen molar-refractivity contribution >= 4 is 5.97 Å². The Hall–Kier alpha value is -1.75. The summed E-state index contributed by atoms with van der Waals surface area (Å²) in [7, 11) is 0. The molecule has 0 aliphatic rings. The molecule has 1 N–H and O–H groups in total. The zero-order valence-corrected chi connectivity index (χ0v) is 9.24. The van der Waals surface area contributed by atoms with Crippen molar-refractivity contribution in [3.8, 4) is 0 Å². The van der Waals surface area contributed by atoms with Gasteiger partial charge in [-0.05, 0) is 13.0 Å². The molecule has 0 heterocycles. The molecule has 0 bridgehead atoms. The van der Waals surface area contributed by atoms with E-state index in [9.17, 15) is 18.7 Å². The molecular formula is C12H12F2O3. The first kappa shape index (κ1) is 13.3. The molecular weight excluding hydrogens is 230 g/mol. The van der Waals surface area contributed by atoms with Crippen molar-refractivity contribution in [3.05, 3.63) is 47.5 Å². The lowest BCUT2D eigenvalue weighted by atomic mass is 10.0. The number of hydrogen-bond acceptors (Lipinski definition) is 3. The predicted octanol–water partition coefficient (Wildman–Crippen LogP) is 2.12. The van der Waals surface area contributed by atoms with Gasteiger partial charge < -0.3 is 9.84 Å². The van der Waals surface area contributed by atoms with Crippen LogP contribution in [-0.2, 0) is 9.53 Å². The van der Waals surface area contributed by atoms with Crippen molar-refractivity contribution in [2.24, 2.45) is 0 Å². The van der Waals surface area contributed by atoms with E-state index in [4.69, 9.17) is 0 Å². The highest BCUT2D eigenvalue weighted by Gasteiger charge is 2.22. The van der Waals surface area contributed by atoms with Crippen LogP contribution in [0.1, 0.15) is 18.6 Å². The molecule has 0 spiro atoms. The summed E-state index contributed by atoms with van der Waals surface area (Å²) in [6.45, 7) is 5.04. The van der Waals surface area contributed by atoms with Gasteiger partial charge in [0.25, 0.3) is 0 Å². The number of benzene rings is 1. The van der Waals surface area contributed by atoms with Crippen LogP contribution >= 0.6 is 0 Å². The van der Waals surface area contributed by atoms with Crippen molar-refractivity contribution < 1.29 is 23.4 Å². The second kappa shape index (κ2) is 5.54. The van der Waals surface area contributed by atoms with Gasteiger partial charge in [0.05, 0.1) is 12.2 Å². The highest BCUT2D eigenvalue weighted by atomic mass is 19.1. The van der Waals surface area contributed by atoms with E-state index in [1.54, 1.807) is 6.92 Å². The Labute approximate surface area is 97.3 Å². The fourth-order valence-corrected chi connectivity index (χ4v) is 1.25. The third-order valence-electron chi connectivity index (χ3n) is 2.12. The van der Waals surface area contributed by atoms with Crippen molar-refractivity contribution in [1.29, 1.82) is 0 Å². The zero-order valence-electron chi connectivity index (χ0n) is 9.24. The van der Waals surface area contributed by atoms with Gasteiger partial charge in [0.2, 0.25) is 0 Å². The molecule has 1 unspecified atom stereocenters.